The van der Waals surface area contributed by atoms with E-state index in [4.69, 9.17) is 0 Å². The second-order valence-corrected chi connectivity index (χ2v) is 6.11. The normalized spacial score (nSPS) is 24.3. The summed E-state index contributed by atoms with van der Waals surface area (Å²) < 4.78 is 1.35. The van der Waals surface area contributed by atoms with E-state index in [1.165, 1.54) is 15.8 Å². The van der Waals surface area contributed by atoms with Crippen LogP contribution in [0.25, 0.3) is 10.1 Å². The summed E-state index contributed by atoms with van der Waals surface area (Å²) in [4.78, 5) is 0. The van der Waals surface area contributed by atoms with Crippen LogP contribution >= 0.6 is 11.3 Å². The van der Waals surface area contributed by atoms with Crippen molar-refractivity contribution in [2.45, 2.75) is 31.8 Å². The molecule has 1 heterocycles. The molecule has 1 fully saturated rings. The summed E-state index contributed by atoms with van der Waals surface area (Å²) in [7, 11) is 0. The quantitative estimate of drug-likeness (QED) is 0.879. The Morgan fingerprint density at radius 1 is 1.17 bits per heavy atom. The fourth-order valence-electron chi connectivity index (χ4n) is 2.72. The molecule has 18 heavy (non-hydrogen) atoms. The zero-order valence-corrected chi connectivity index (χ0v) is 11.2. The Morgan fingerprint density at radius 2 is 1.94 bits per heavy atom. The number of fused-ring (bicyclic) bond motifs is 1. The molecule has 1 saturated carbocycles. The SMILES string of the molecule is OC1CCC(CNc2csc3ccccc23)CC1. The molecule has 1 aliphatic rings. The maximum absolute atomic E-state index is 9.50. The molecule has 1 aromatic carbocycles. The van der Waals surface area contributed by atoms with E-state index in [1.54, 1.807) is 11.3 Å². The van der Waals surface area contributed by atoms with Crippen LogP contribution < -0.4 is 5.32 Å². The van der Waals surface area contributed by atoms with Gasteiger partial charge in [-0.15, -0.1) is 11.3 Å². The van der Waals surface area contributed by atoms with Crippen LogP contribution in [0.5, 0.6) is 0 Å². The third-order valence-electron chi connectivity index (χ3n) is 3.88. The molecule has 1 aliphatic carbocycles. The first-order valence-electron chi connectivity index (χ1n) is 6.71. The van der Waals surface area contributed by atoms with Gasteiger partial charge in [0, 0.05) is 22.0 Å². The lowest BCUT2D eigenvalue weighted by Gasteiger charge is -2.25. The lowest BCUT2D eigenvalue weighted by molar-refractivity contribution is 0.111. The topological polar surface area (TPSA) is 32.3 Å². The van der Waals surface area contributed by atoms with Gasteiger partial charge in [0.05, 0.1) is 11.8 Å². The minimum absolute atomic E-state index is 0.0526. The van der Waals surface area contributed by atoms with Crippen molar-refractivity contribution in [1.29, 1.82) is 0 Å². The summed E-state index contributed by atoms with van der Waals surface area (Å²) in [5.41, 5.74) is 1.27. The molecule has 0 bridgehead atoms. The number of aliphatic hydroxyl groups is 1. The van der Waals surface area contributed by atoms with Gasteiger partial charge < -0.3 is 10.4 Å². The number of thiophene rings is 1. The number of hydrogen-bond donors (Lipinski definition) is 2. The number of anilines is 1. The average Bonchev–Trinajstić information content (AvgIpc) is 2.82. The molecular weight excluding hydrogens is 242 g/mol. The predicted molar refractivity (Wildman–Crippen MR) is 78.3 cm³/mol. The Hall–Kier alpha value is -1.06. The van der Waals surface area contributed by atoms with Gasteiger partial charge in [-0.1, -0.05) is 18.2 Å². The zero-order valence-electron chi connectivity index (χ0n) is 10.4. The molecule has 0 unspecified atom stereocenters. The minimum atomic E-state index is -0.0526. The first kappa shape index (κ1) is 12.0. The van der Waals surface area contributed by atoms with Crippen LogP contribution in [0.15, 0.2) is 29.6 Å². The van der Waals surface area contributed by atoms with Gasteiger partial charge in [-0.25, -0.2) is 0 Å². The number of rotatable bonds is 3. The number of aliphatic hydroxyl groups excluding tert-OH is 1. The van der Waals surface area contributed by atoms with Crippen molar-refractivity contribution in [3.05, 3.63) is 29.6 Å². The Bertz CT molecular complexity index is 514. The number of benzene rings is 1. The molecule has 0 radical (unpaired) electrons. The molecule has 2 aromatic rings. The van der Waals surface area contributed by atoms with Gasteiger partial charge in [0.25, 0.3) is 0 Å². The van der Waals surface area contributed by atoms with Gasteiger partial charge in [-0.05, 0) is 37.7 Å². The lowest BCUT2D eigenvalue weighted by atomic mass is 9.87. The highest BCUT2D eigenvalue weighted by Gasteiger charge is 2.19. The van der Waals surface area contributed by atoms with Crippen LogP contribution in [0.2, 0.25) is 0 Å². The molecule has 2 nitrogen and oxygen atoms in total. The molecule has 0 amide bonds. The Morgan fingerprint density at radius 3 is 2.78 bits per heavy atom. The van der Waals surface area contributed by atoms with Gasteiger partial charge in [-0.2, -0.15) is 0 Å². The van der Waals surface area contributed by atoms with Crippen molar-refractivity contribution in [2.24, 2.45) is 5.92 Å². The molecule has 96 valence electrons. The lowest BCUT2D eigenvalue weighted by Crippen LogP contribution is -2.23. The third kappa shape index (κ3) is 2.52. The van der Waals surface area contributed by atoms with Crippen LogP contribution in [-0.4, -0.2) is 17.8 Å². The molecule has 0 atom stereocenters. The molecule has 1 aromatic heterocycles. The summed E-state index contributed by atoms with van der Waals surface area (Å²) in [5.74, 6) is 0.715. The van der Waals surface area contributed by atoms with Crippen molar-refractivity contribution in [2.75, 3.05) is 11.9 Å². The van der Waals surface area contributed by atoms with Gasteiger partial charge in [0.2, 0.25) is 0 Å². The summed E-state index contributed by atoms with van der Waals surface area (Å²) in [6.45, 7) is 1.04. The van der Waals surface area contributed by atoms with E-state index in [0.29, 0.717) is 5.92 Å². The van der Waals surface area contributed by atoms with Crippen molar-refractivity contribution >= 4 is 27.1 Å². The Balaban J connectivity index is 1.63. The standard InChI is InChI=1S/C15H19NOS/c17-12-7-5-11(6-8-12)9-16-14-10-18-15-4-2-1-3-13(14)15/h1-4,10-12,16-17H,5-9H2. The van der Waals surface area contributed by atoms with E-state index in [-0.39, 0.29) is 6.10 Å². The highest BCUT2D eigenvalue weighted by atomic mass is 32.1. The molecule has 2 N–H and O–H groups in total. The minimum Gasteiger partial charge on any atom is -0.393 e. The van der Waals surface area contributed by atoms with E-state index in [2.05, 4.69) is 35.0 Å². The summed E-state index contributed by atoms with van der Waals surface area (Å²) in [6.07, 6.45) is 4.18. The molecular formula is C15H19NOS. The second-order valence-electron chi connectivity index (χ2n) is 5.20. The smallest absolute Gasteiger partial charge is 0.0540 e. The van der Waals surface area contributed by atoms with Gasteiger partial charge in [0.15, 0.2) is 0 Å². The number of nitrogens with one attached hydrogen (secondary N) is 1. The van der Waals surface area contributed by atoms with Crippen molar-refractivity contribution in [3.63, 3.8) is 0 Å². The molecule has 0 spiro atoms. The van der Waals surface area contributed by atoms with Crippen LogP contribution in [0.3, 0.4) is 0 Å². The van der Waals surface area contributed by atoms with E-state index in [0.717, 1.165) is 32.2 Å². The summed E-state index contributed by atoms with van der Waals surface area (Å²) >= 11 is 1.80. The predicted octanol–water partition coefficient (Wildman–Crippen LogP) is 3.86. The average molecular weight is 261 g/mol. The first-order valence-corrected chi connectivity index (χ1v) is 7.59. The molecule has 3 rings (SSSR count). The maximum Gasteiger partial charge on any atom is 0.0540 e. The summed E-state index contributed by atoms with van der Waals surface area (Å²) in [5, 5.41) is 16.6. The third-order valence-corrected chi connectivity index (χ3v) is 4.84. The monoisotopic (exact) mass is 261 g/mol. The van der Waals surface area contributed by atoms with E-state index in [9.17, 15) is 5.11 Å². The van der Waals surface area contributed by atoms with E-state index >= 15 is 0 Å². The van der Waals surface area contributed by atoms with Crippen molar-refractivity contribution in [1.82, 2.24) is 0 Å². The van der Waals surface area contributed by atoms with Crippen molar-refractivity contribution < 1.29 is 5.11 Å². The largest absolute Gasteiger partial charge is 0.393 e. The fourth-order valence-corrected chi connectivity index (χ4v) is 3.64. The highest BCUT2D eigenvalue weighted by molar-refractivity contribution is 7.17. The first-order chi connectivity index (χ1) is 8.83. The summed E-state index contributed by atoms with van der Waals surface area (Å²) in [6, 6.07) is 8.53. The fraction of sp³-hybridized carbons (Fsp3) is 0.467. The van der Waals surface area contributed by atoms with Crippen molar-refractivity contribution in [3.8, 4) is 0 Å². The van der Waals surface area contributed by atoms with Crippen LogP contribution in [0.4, 0.5) is 5.69 Å². The van der Waals surface area contributed by atoms with Crippen LogP contribution in [0.1, 0.15) is 25.7 Å². The van der Waals surface area contributed by atoms with E-state index in [1.807, 2.05) is 0 Å². The zero-order chi connectivity index (χ0) is 12.4. The molecule has 0 aliphatic heterocycles. The molecule has 3 heteroatoms. The Labute approximate surface area is 112 Å². The van der Waals surface area contributed by atoms with Gasteiger partial charge in [-0.3, -0.25) is 0 Å². The Kier molecular flexibility index (Phi) is 3.52. The highest BCUT2D eigenvalue weighted by Crippen LogP contribution is 2.31. The number of hydrogen-bond acceptors (Lipinski definition) is 3. The molecule has 0 saturated heterocycles. The second kappa shape index (κ2) is 5.29. The van der Waals surface area contributed by atoms with Crippen LogP contribution in [-0.2, 0) is 0 Å². The van der Waals surface area contributed by atoms with E-state index < -0.39 is 0 Å². The van der Waals surface area contributed by atoms with Crippen LogP contribution in [0, 0.1) is 5.92 Å². The van der Waals surface area contributed by atoms with Gasteiger partial charge in [0.1, 0.15) is 0 Å². The maximum atomic E-state index is 9.50. The van der Waals surface area contributed by atoms with Gasteiger partial charge >= 0.3 is 0 Å².